The first-order valence-corrected chi connectivity index (χ1v) is 8.39. The average molecular weight is 345 g/mol. The predicted molar refractivity (Wildman–Crippen MR) is 91.4 cm³/mol. The van der Waals surface area contributed by atoms with E-state index in [4.69, 9.17) is 4.74 Å². The Morgan fingerprint density at radius 1 is 1.08 bits per heavy atom. The second-order valence-electron chi connectivity index (χ2n) is 6.26. The van der Waals surface area contributed by atoms with Gasteiger partial charge in [-0.2, -0.15) is 0 Å². The van der Waals surface area contributed by atoms with Crippen LogP contribution in [0.1, 0.15) is 23.5 Å². The largest absolute Gasteiger partial charge is 0.359 e. The Balaban J connectivity index is 1.68. The van der Waals surface area contributed by atoms with E-state index in [9.17, 15) is 13.6 Å². The van der Waals surface area contributed by atoms with E-state index in [0.29, 0.717) is 18.6 Å². The first kappa shape index (κ1) is 17.5. The number of carbonyl (C=O) groups excluding carboxylic acids is 1. The monoisotopic (exact) mass is 345 g/mol. The normalized spacial score (nSPS) is 18.5. The molecule has 0 aromatic heterocycles. The first-order chi connectivity index (χ1) is 12.1. The molecular formula is C20H21F2NO2. The van der Waals surface area contributed by atoms with Crippen molar-refractivity contribution in [2.45, 2.75) is 31.2 Å². The summed E-state index contributed by atoms with van der Waals surface area (Å²) >= 11 is 0. The van der Waals surface area contributed by atoms with Gasteiger partial charge in [0.25, 0.3) is 0 Å². The molecule has 1 saturated heterocycles. The third-order valence-electron chi connectivity index (χ3n) is 4.54. The van der Waals surface area contributed by atoms with E-state index in [-0.39, 0.29) is 25.1 Å². The van der Waals surface area contributed by atoms with E-state index in [1.54, 1.807) is 35.2 Å². The second kappa shape index (κ2) is 8.21. The van der Waals surface area contributed by atoms with Crippen LogP contribution < -0.4 is 0 Å². The number of nitrogens with zero attached hydrogens (tertiary/aromatic N) is 1. The Morgan fingerprint density at radius 3 is 2.36 bits per heavy atom. The molecule has 1 heterocycles. The zero-order chi connectivity index (χ0) is 17.6. The van der Waals surface area contributed by atoms with Crippen LogP contribution in [0.15, 0.2) is 60.7 Å². The van der Waals surface area contributed by atoms with Crippen molar-refractivity contribution in [3.05, 3.63) is 71.8 Å². The number of rotatable bonds is 6. The zero-order valence-electron chi connectivity index (χ0n) is 13.9. The van der Waals surface area contributed by atoms with Crippen molar-refractivity contribution >= 4 is 5.91 Å². The quantitative estimate of drug-likeness (QED) is 0.796. The number of alkyl halides is 2. The van der Waals surface area contributed by atoms with Gasteiger partial charge in [-0.05, 0) is 17.5 Å². The van der Waals surface area contributed by atoms with Gasteiger partial charge in [0.1, 0.15) is 6.73 Å². The first-order valence-electron chi connectivity index (χ1n) is 8.39. The molecule has 0 aliphatic carbocycles. The van der Waals surface area contributed by atoms with Gasteiger partial charge in [0, 0.05) is 6.42 Å². The van der Waals surface area contributed by atoms with Crippen LogP contribution >= 0.6 is 0 Å². The molecular weight excluding hydrogens is 324 g/mol. The minimum atomic E-state index is -2.58. The molecule has 2 aromatic rings. The second-order valence-corrected chi connectivity index (χ2v) is 6.26. The van der Waals surface area contributed by atoms with E-state index < -0.39 is 12.3 Å². The molecule has 0 radical (unpaired) electrons. The molecule has 1 fully saturated rings. The fourth-order valence-corrected chi connectivity index (χ4v) is 3.17. The molecule has 0 N–H and O–H groups in total. The summed E-state index contributed by atoms with van der Waals surface area (Å²) in [5.74, 6) is -1.38. The number of hydrogen-bond donors (Lipinski definition) is 0. The Labute approximate surface area is 146 Å². The topological polar surface area (TPSA) is 29.5 Å². The van der Waals surface area contributed by atoms with Crippen molar-refractivity contribution in [1.29, 1.82) is 0 Å². The fraction of sp³-hybridized carbons (Fsp3) is 0.350. The van der Waals surface area contributed by atoms with E-state index >= 15 is 0 Å². The molecule has 0 saturated carbocycles. The molecule has 3 rings (SSSR count). The maximum absolute atomic E-state index is 13.5. The SMILES string of the molecule is O=C(C[C@H](c1ccccc1)C(F)F)N1COC[C@@H]1Cc1ccccc1. The number of benzene rings is 2. The van der Waals surface area contributed by atoms with Gasteiger partial charge >= 0.3 is 0 Å². The molecule has 0 bridgehead atoms. The standard InChI is InChI=1S/C20H21F2NO2/c21-20(22)18(16-9-5-2-6-10-16)12-19(24)23-14-25-13-17(23)11-15-7-3-1-4-8-15/h1-10,17-18,20H,11-14H2/t17-,18+/m0/s1. The van der Waals surface area contributed by atoms with Crippen molar-refractivity contribution in [3.63, 3.8) is 0 Å². The maximum atomic E-state index is 13.5. The summed E-state index contributed by atoms with van der Waals surface area (Å²) in [6.45, 7) is 0.604. The summed E-state index contributed by atoms with van der Waals surface area (Å²) in [6.07, 6.45) is -2.13. The highest BCUT2D eigenvalue weighted by Gasteiger charge is 2.33. The van der Waals surface area contributed by atoms with Crippen LogP contribution in [0.25, 0.3) is 0 Å². The molecule has 25 heavy (non-hydrogen) atoms. The van der Waals surface area contributed by atoms with E-state index in [0.717, 1.165) is 5.56 Å². The minimum absolute atomic E-state index is 0.107. The minimum Gasteiger partial charge on any atom is -0.359 e. The van der Waals surface area contributed by atoms with Gasteiger partial charge in [0.2, 0.25) is 12.3 Å². The van der Waals surface area contributed by atoms with Crippen molar-refractivity contribution in [3.8, 4) is 0 Å². The van der Waals surface area contributed by atoms with Gasteiger partial charge in [0.15, 0.2) is 0 Å². The van der Waals surface area contributed by atoms with E-state index in [2.05, 4.69) is 0 Å². The number of amides is 1. The number of hydrogen-bond acceptors (Lipinski definition) is 2. The molecule has 5 heteroatoms. The van der Waals surface area contributed by atoms with Crippen LogP contribution in [0.3, 0.4) is 0 Å². The molecule has 1 amide bonds. The number of carbonyl (C=O) groups is 1. The molecule has 0 unspecified atom stereocenters. The number of ether oxygens (including phenoxy) is 1. The smallest absolute Gasteiger partial charge is 0.245 e. The van der Waals surface area contributed by atoms with E-state index in [1.807, 2.05) is 30.3 Å². The summed E-state index contributed by atoms with van der Waals surface area (Å²) < 4.78 is 32.4. The van der Waals surface area contributed by atoms with Crippen LogP contribution in [0.5, 0.6) is 0 Å². The lowest BCUT2D eigenvalue weighted by molar-refractivity contribution is -0.134. The highest BCUT2D eigenvalue weighted by Crippen LogP contribution is 2.28. The van der Waals surface area contributed by atoms with Gasteiger partial charge in [0.05, 0.1) is 18.6 Å². The zero-order valence-corrected chi connectivity index (χ0v) is 13.9. The fourth-order valence-electron chi connectivity index (χ4n) is 3.17. The van der Waals surface area contributed by atoms with Crippen molar-refractivity contribution in [2.24, 2.45) is 0 Å². The van der Waals surface area contributed by atoms with Gasteiger partial charge in [-0.3, -0.25) is 4.79 Å². The summed E-state index contributed by atoms with van der Waals surface area (Å²) in [7, 11) is 0. The van der Waals surface area contributed by atoms with Crippen molar-refractivity contribution < 1.29 is 18.3 Å². The van der Waals surface area contributed by atoms with Crippen LogP contribution in [0.4, 0.5) is 8.78 Å². The summed E-state index contributed by atoms with van der Waals surface area (Å²) in [4.78, 5) is 14.2. The lowest BCUT2D eigenvalue weighted by atomic mass is 9.95. The summed E-state index contributed by atoms with van der Waals surface area (Å²) in [6, 6.07) is 18.2. The van der Waals surface area contributed by atoms with Crippen LogP contribution in [0.2, 0.25) is 0 Å². The van der Waals surface area contributed by atoms with E-state index in [1.165, 1.54) is 0 Å². The molecule has 1 aliphatic heterocycles. The van der Waals surface area contributed by atoms with Gasteiger partial charge in [-0.25, -0.2) is 8.78 Å². The predicted octanol–water partition coefficient (Wildman–Crippen LogP) is 3.85. The Hall–Kier alpha value is -2.27. The van der Waals surface area contributed by atoms with Crippen LogP contribution in [0, 0.1) is 0 Å². The molecule has 3 nitrogen and oxygen atoms in total. The molecule has 132 valence electrons. The molecule has 2 aromatic carbocycles. The lowest BCUT2D eigenvalue weighted by Gasteiger charge is -2.25. The van der Waals surface area contributed by atoms with Gasteiger partial charge in [-0.1, -0.05) is 60.7 Å². The summed E-state index contributed by atoms with van der Waals surface area (Å²) in [5, 5.41) is 0. The number of halogens is 2. The molecule has 1 aliphatic rings. The average Bonchev–Trinajstić information content (AvgIpc) is 3.09. The van der Waals surface area contributed by atoms with Crippen LogP contribution in [-0.2, 0) is 16.0 Å². The van der Waals surface area contributed by atoms with Gasteiger partial charge in [-0.15, -0.1) is 0 Å². The van der Waals surface area contributed by atoms with Crippen molar-refractivity contribution in [1.82, 2.24) is 4.90 Å². The third kappa shape index (κ3) is 4.42. The van der Waals surface area contributed by atoms with Gasteiger partial charge < -0.3 is 9.64 Å². The Bertz CT molecular complexity index is 679. The highest BCUT2D eigenvalue weighted by molar-refractivity contribution is 5.77. The Kier molecular flexibility index (Phi) is 5.76. The Morgan fingerprint density at radius 2 is 1.72 bits per heavy atom. The van der Waals surface area contributed by atoms with Crippen molar-refractivity contribution in [2.75, 3.05) is 13.3 Å². The summed E-state index contributed by atoms with van der Waals surface area (Å²) in [5.41, 5.74) is 1.59. The maximum Gasteiger partial charge on any atom is 0.245 e. The lowest BCUT2D eigenvalue weighted by Crippen LogP contribution is -2.39. The third-order valence-corrected chi connectivity index (χ3v) is 4.54. The van der Waals surface area contributed by atoms with Crippen LogP contribution in [-0.4, -0.2) is 36.6 Å². The highest BCUT2D eigenvalue weighted by atomic mass is 19.3. The molecule has 0 spiro atoms. The molecule has 2 atom stereocenters.